The molecule has 0 unspecified atom stereocenters. The van der Waals surface area contributed by atoms with Crippen molar-refractivity contribution in [3.63, 3.8) is 0 Å². The van der Waals surface area contributed by atoms with E-state index in [0.29, 0.717) is 12.3 Å². The standard InChI is InChI=1S/C34H44O4/c1-2-3-7-14-29(35)21-22-30-31(15-10-4-5-11-16-33(36)37)34(24-32(30)38-25-34)23-26-17-19-28(20-18-26)27-12-8-6-9-13-27/h4,6,8-10,12-13,17-22,29-32,35H,2-3,5,7,11,14-16,23-25H2,1H3,(H,36,37)/t29-,30+,31+,32+,34+/m0/s1. The number of hydrogen-bond donors (Lipinski definition) is 2. The van der Waals surface area contributed by atoms with Crippen LogP contribution in [0.4, 0.5) is 0 Å². The minimum atomic E-state index is -0.733. The van der Waals surface area contributed by atoms with Gasteiger partial charge in [-0.2, -0.15) is 0 Å². The number of benzene rings is 2. The second-order valence-electron chi connectivity index (χ2n) is 11.3. The first-order valence-corrected chi connectivity index (χ1v) is 14.5. The molecule has 2 aromatic carbocycles. The van der Waals surface area contributed by atoms with Gasteiger partial charge in [0.05, 0.1) is 18.8 Å². The molecule has 1 saturated heterocycles. The number of allylic oxidation sites excluding steroid dienone is 2. The Hall–Kier alpha value is -2.69. The van der Waals surface area contributed by atoms with Gasteiger partial charge in [-0.1, -0.05) is 105 Å². The van der Waals surface area contributed by atoms with E-state index in [1.54, 1.807) is 0 Å². The van der Waals surface area contributed by atoms with Gasteiger partial charge in [0.1, 0.15) is 0 Å². The van der Waals surface area contributed by atoms with Gasteiger partial charge < -0.3 is 14.9 Å². The highest BCUT2D eigenvalue weighted by Crippen LogP contribution is 2.57. The smallest absolute Gasteiger partial charge is 0.303 e. The number of aliphatic hydroxyl groups is 1. The molecule has 4 heteroatoms. The zero-order valence-corrected chi connectivity index (χ0v) is 22.8. The summed E-state index contributed by atoms with van der Waals surface area (Å²) in [7, 11) is 0. The molecule has 1 aliphatic carbocycles. The Morgan fingerprint density at radius 2 is 1.82 bits per heavy atom. The van der Waals surface area contributed by atoms with Crippen molar-refractivity contribution in [2.75, 3.05) is 6.61 Å². The first kappa shape index (κ1) is 28.3. The number of carbonyl (C=O) groups is 1. The molecule has 1 heterocycles. The molecule has 0 radical (unpaired) electrons. The summed E-state index contributed by atoms with van der Waals surface area (Å²) in [6.45, 7) is 2.96. The molecular weight excluding hydrogens is 472 g/mol. The molecule has 1 saturated carbocycles. The molecule has 4 rings (SSSR count). The van der Waals surface area contributed by atoms with E-state index in [1.807, 2.05) is 12.1 Å². The van der Waals surface area contributed by atoms with Gasteiger partial charge >= 0.3 is 5.97 Å². The topological polar surface area (TPSA) is 66.8 Å². The quantitative estimate of drug-likeness (QED) is 0.189. The summed E-state index contributed by atoms with van der Waals surface area (Å²) in [4.78, 5) is 10.8. The highest BCUT2D eigenvalue weighted by Gasteiger charge is 2.57. The van der Waals surface area contributed by atoms with Crippen LogP contribution in [0.3, 0.4) is 0 Å². The Morgan fingerprint density at radius 1 is 1.05 bits per heavy atom. The van der Waals surface area contributed by atoms with Gasteiger partial charge in [-0.25, -0.2) is 0 Å². The molecule has 0 spiro atoms. The fourth-order valence-electron chi connectivity index (χ4n) is 6.42. The Bertz CT molecular complexity index is 1060. The molecule has 2 aliphatic rings. The lowest BCUT2D eigenvalue weighted by atomic mass is 9.70. The number of carboxylic acid groups (broad SMARTS) is 1. The summed E-state index contributed by atoms with van der Waals surface area (Å²) in [6, 6.07) is 19.5. The summed E-state index contributed by atoms with van der Waals surface area (Å²) < 4.78 is 6.34. The molecule has 5 atom stereocenters. The van der Waals surface area contributed by atoms with Crippen LogP contribution in [-0.2, 0) is 16.0 Å². The van der Waals surface area contributed by atoms with Gasteiger partial charge in [0.2, 0.25) is 0 Å². The van der Waals surface area contributed by atoms with Crippen LogP contribution in [-0.4, -0.2) is 35.0 Å². The van der Waals surface area contributed by atoms with Gasteiger partial charge in [-0.15, -0.1) is 0 Å². The fourth-order valence-corrected chi connectivity index (χ4v) is 6.42. The number of rotatable bonds is 15. The van der Waals surface area contributed by atoms with Crippen molar-refractivity contribution in [3.05, 3.63) is 84.5 Å². The lowest BCUT2D eigenvalue weighted by molar-refractivity contribution is -0.137. The van der Waals surface area contributed by atoms with Gasteiger partial charge in [0.25, 0.3) is 0 Å². The third-order valence-electron chi connectivity index (χ3n) is 8.47. The average Bonchev–Trinajstić information content (AvgIpc) is 3.46. The van der Waals surface area contributed by atoms with Crippen LogP contribution in [0.25, 0.3) is 11.1 Å². The van der Waals surface area contributed by atoms with Crippen molar-refractivity contribution in [2.45, 2.75) is 83.3 Å². The van der Waals surface area contributed by atoms with E-state index in [-0.39, 0.29) is 23.9 Å². The summed E-state index contributed by atoms with van der Waals surface area (Å²) in [5.41, 5.74) is 3.88. The predicted octanol–water partition coefficient (Wildman–Crippen LogP) is 7.62. The van der Waals surface area contributed by atoms with E-state index >= 15 is 0 Å². The van der Waals surface area contributed by atoms with Crippen molar-refractivity contribution >= 4 is 5.97 Å². The van der Waals surface area contributed by atoms with Crippen LogP contribution in [0.5, 0.6) is 0 Å². The maximum absolute atomic E-state index is 10.8. The van der Waals surface area contributed by atoms with E-state index in [2.05, 4.69) is 73.7 Å². The molecule has 2 N–H and O–H groups in total. The van der Waals surface area contributed by atoms with Crippen molar-refractivity contribution in [1.82, 2.24) is 0 Å². The number of unbranched alkanes of at least 4 members (excludes halogenated alkanes) is 3. The highest BCUT2D eigenvalue weighted by atomic mass is 16.5. The van der Waals surface area contributed by atoms with Crippen LogP contribution in [0.1, 0.15) is 70.3 Å². The van der Waals surface area contributed by atoms with Crippen LogP contribution in [0.15, 0.2) is 78.9 Å². The van der Waals surface area contributed by atoms with Crippen molar-refractivity contribution in [3.8, 4) is 11.1 Å². The Morgan fingerprint density at radius 3 is 2.55 bits per heavy atom. The molecule has 2 aromatic rings. The number of aliphatic hydroxyl groups excluding tert-OH is 1. The molecule has 204 valence electrons. The lowest BCUT2D eigenvalue weighted by Crippen LogP contribution is -2.37. The average molecular weight is 517 g/mol. The van der Waals surface area contributed by atoms with Gasteiger partial charge in [0, 0.05) is 17.8 Å². The summed E-state index contributed by atoms with van der Waals surface area (Å²) in [5.74, 6) is -0.00900. The maximum atomic E-state index is 10.8. The van der Waals surface area contributed by atoms with E-state index in [1.165, 1.54) is 16.7 Å². The summed E-state index contributed by atoms with van der Waals surface area (Å²) >= 11 is 0. The lowest BCUT2D eigenvalue weighted by Gasteiger charge is -2.38. The highest BCUT2D eigenvalue weighted by molar-refractivity contribution is 5.66. The minimum Gasteiger partial charge on any atom is -0.481 e. The molecule has 0 aromatic heterocycles. The molecular formula is C34H44O4. The molecule has 2 bridgehead atoms. The largest absolute Gasteiger partial charge is 0.481 e. The monoisotopic (exact) mass is 516 g/mol. The Labute approximate surface area is 228 Å². The van der Waals surface area contributed by atoms with Crippen molar-refractivity contribution in [2.24, 2.45) is 17.3 Å². The number of carboxylic acids is 1. The number of hydrogen-bond acceptors (Lipinski definition) is 3. The first-order valence-electron chi connectivity index (χ1n) is 14.5. The summed E-state index contributed by atoms with van der Waals surface area (Å²) in [5, 5.41) is 19.5. The number of aliphatic carboxylic acids is 1. The second kappa shape index (κ2) is 13.9. The Kier molecular flexibility index (Phi) is 10.4. The van der Waals surface area contributed by atoms with Crippen molar-refractivity contribution in [1.29, 1.82) is 0 Å². The third kappa shape index (κ3) is 7.45. The zero-order chi connectivity index (χ0) is 26.8. The third-order valence-corrected chi connectivity index (χ3v) is 8.47. The molecule has 2 fully saturated rings. The number of fused-ring (bicyclic) bond motifs is 2. The van der Waals surface area contributed by atoms with E-state index < -0.39 is 12.1 Å². The van der Waals surface area contributed by atoms with Crippen LogP contribution in [0.2, 0.25) is 0 Å². The molecule has 4 nitrogen and oxygen atoms in total. The second-order valence-corrected chi connectivity index (χ2v) is 11.3. The minimum absolute atomic E-state index is 0.0759. The molecule has 38 heavy (non-hydrogen) atoms. The maximum Gasteiger partial charge on any atom is 0.303 e. The van der Waals surface area contributed by atoms with Crippen LogP contribution >= 0.6 is 0 Å². The summed E-state index contributed by atoms with van der Waals surface area (Å²) in [6.07, 6.45) is 17.3. The zero-order valence-electron chi connectivity index (χ0n) is 22.8. The van der Waals surface area contributed by atoms with E-state index in [9.17, 15) is 9.90 Å². The normalized spacial score (nSPS) is 25.5. The van der Waals surface area contributed by atoms with Gasteiger partial charge in [-0.3, -0.25) is 4.79 Å². The van der Waals surface area contributed by atoms with Crippen molar-refractivity contribution < 1.29 is 19.7 Å². The van der Waals surface area contributed by atoms with Gasteiger partial charge in [0.15, 0.2) is 0 Å². The van der Waals surface area contributed by atoms with Crippen LogP contribution < -0.4 is 0 Å². The van der Waals surface area contributed by atoms with E-state index in [0.717, 1.165) is 58.0 Å². The first-order chi connectivity index (χ1) is 18.5. The number of ether oxygens (including phenoxy) is 1. The SMILES string of the molecule is CCCCC[C@H](O)C=C[C@@H]1[C@@H](CC=CCCCC(=O)O)[C@@]2(Cc3ccc(-c4ccccc4)cc3)CO[C@@H]1C2. The fraction of sp³-hybridized carbons (Fsp3) is 0.500. The molecule has 1 aliphatic heterocycles. The van der Waals surface area contributed by atoms with Gasteiger partial charge in [-0.05, 0) is 61.1 Å². The van der Waals surface area contributed by atoms with Crippen LogP contribution in [0, 0.1) is 17.3 Å². The Balaban J connectivity index is 1.47. The molecule has 0 amide bonds. The predicted molar refractivity (Wildman–Crippen MR) is 154 cm³/mol. The van der Waals surface area contributed by atoms with E-state index in [4.69, 9.17) is 9.84 Å².